The maximum Gasteiger partial charge on any atom is 0.0593 e. The lowest BCUT2D eigenvalue weighted by Crippen LogP contribution is -1.99. The molecule has 3 heteroatoms. The van der Waals surface area contributed by atoms with E-state index in [4.69, 9.17) is 5.73 Å². The summed E-state index contributed by atoms with van der Waals surface area (Å²) in [5.74, 6) is 0. The fourth-order valence-electron chi connectivity index (χ4n) is 1.80. The summed E-state index contributed by atoms with van der Waals surface area (Å²) in [5, 5.41) is 4.32. The molecule has 0 bridgehead atoms. The molecule has 0 saturated carbocycles. The van der Waals surface area contributed by atoms with Crippen molar-refractivity contribution in [3.05, 3.63) is 59.9 Å². The van der Waals surface area contributed by atoms with Gasteiger partial charge in [-0.1, -0.05) is 42.5 Å². The van der Waals surface area contributed by atoms with Gasteiger partial charge in [0.25, 0.3) is 0 Å². The first-order valence-corrected chi connectivity index (χ1v) is 6.31. The van der Waals surface area contributed by atoms with Crippen molar-refractivity contribution in [3.8, 4) is 0 Å². The average molecular weight is 241 g/mol. The van der Waals surface area contributed by atoms with Gasteiger partial charge in [0.05, 0.1) is 12.7 Å². The number of nitrogens with zero attached hydrogens (tertiary/aromatic N) is 2. The number of aromatic nitrogens is 2. The van der Waals surface area contributed by atoms with Crippen LogP contribution in [0.3, 0.4) is 0 Å². The molecule has 0 spiro atoms. The van der Waals surface area contributed by atoms with Crippen LogP contribution in [0.5, 0.6) is 0 Å². The van der Waals surface area contributed by atoms with Gasteiger partial charge in [0.2, 0.25) is 0 Å². The summed E-state index contributed by atoms with van der Waals surface area (Å²) in [6.07, 6.45) is 10.3. The van der Waals surface area contributed by atoms with Crippen molar-refractivity contribution in [2.45, 2.75) is 19.4 Å². The number of hydrogen-bond acceptors (Lipinski definition) is 2. The van der Waals surface area contributed by atoms with Crippen molar-refractivity contribution in [1.29, 1.82) is 0 Å². The van der Waals surface area contributed by atoms with Gasteiger partial charge in [-0.05, 0) is 30.5 Å². The Bertz CT molecular complexity index is 485. The van der Waals surface area contributed by atoms with Crippen LogP contribution < -0.4 is 5.73 Å². The van der Waals surface area contributed by atoms with E-state index in [2.05, 4.69) is 35.6 Å². The summed E-state index contributed by atoms with van der Waals surface area (Å²) < 4.78 is 1.95. The Balaban J connectivity index is 1.86. The van der Waals surface area contributed by atoms with Crippen molar-refractivity contribution in [2.75, 3.05) is 6.54 Å². The minimum absolute atomic E-state index is 0.735. The first kappa shape index (κ1) is 12.6. The summed E-state index contributed by atoms with van der Waals surface area (Å²) in [5.41, 5.74) is 7.96. The van der Waals surface area contributed by atoms with Gasteiger partial charge in [0.1, 0.15) is 0 Å². The van der Waals surface area contributed by atoms with Gasteiger partial charge in [-0.25, -0.2) is 0 Å². The fourth-order valence-corrected chi connectivity index (χ4v) is 1.80. The summed E-state index contributed by atoms with van der Waals surface area (Å²) in [4.78, 5) is 0. The van der Waals surface area contributed by atoms with E-state index >= 15 is 0 Å². The normalized spacial score (nSPS) is 11.2. The van der Waals surface area contributed by atoms with Crippen molar-refractivity contribution in [1.82, 2.24) is 9.78 Å². The SMILES string of the molecule is NCCCc1cnn(C/C=C/c2ccccc2)c1. The van der Waals surface area contributed by atoms with E-state index in [-0.39, 0.29) is 0 Å². The van der Waals surface area contributed by atoms with Crippen LogP contribution in [0.1, 0.15) is 17.5 Å². The van der Waals surface area contributed by atoms with E-state index < -0.39 is 0 Å². The Morgan fingerprint density at radius 3 is 2.83 bits per heavy atom. The molecule has 0 aliphatic rings. The number of aryl methyl sites for hydroxylation is 1. The Kier molecular flexibility index (Phi) is 4.73. The Morgan fingerprint density at radius 1 is 1.22 bits per heavy atom. The fraction of sp³-hybridized carbons (Fsp3) is 0.267. The van der Waals surface area contributed by atoms with Crippen molar-refractivity contribution < 1.29 is 0 Å². The summed E-state index contributed by atoms with van der Waals surface area (Å²) >= 11 is 0. The minimum atomic E-state index is 0.735. The standard InChI is InChI=1S/C15H19N3/c16-10-4-8-15-12-17-18(13-15)11-5-9-14-6-2-1-3-7-14/h1-3,5-7,9,12-13H,4,8,10-11,16H2/b9-5+. The predicted molar refractivity (Wildman–Crippen MR) is 75.1 cm³/mol. The van der Waals surface area contributed by atoms with E-state index in [1.54, 1.807) is 0 Å². The summed E-state index contributed by atoms with van der Waals surface area (Å²) in [6, 6.07) is 10.3. The molecule has 0 atom stereocenters. The maximum absolute atomic E-state index is 5.49. The maximum atomic E-state index is 5.49. The van der Waals surface area contributed by atoms with E-state index in [0.717, 1.165) is 25.9 Å². The Labute approximate surface area is 108 Å². The van der Waals surface area contributed by atoms with Crippen LogP contribution in [-0.4, -0.2) is 16.3 Å². The number of nitrogens with two attached hydrogens (primary N) is 1. The molecule has 2 aromatic rings. The zero-order valence-corrected chi connectivity index (χ0v) is 10.5. The molecule has 0 radical (unpaired) electrons. The molecule has 1 aromatic carbocycles. The molecular formula is C15H19N3. The van der Waals surface area contributed by atoms with Gasteiger partial charge in [0, 0.05) is 6.20 Å². The topological polar surface area (TPSA) is 43.8 Å². The predicted octanol–water partition coefficient (Wildman–Crippen LogP) is 2.49. The Hall–Kier alpha value is -1.87. The molecule has 1 heterocycles. The molecule has 0 unspecified atom stereocenters. The number of allylic oxidation sites excluding steroid dienone is 1. The molecule has 2 rings (SSSR count). The highest BCUT2D eigenvalue weighted by atomic mass is 15.3. The van der Waals surface area contributed by atoms with E-state index in [1.165, 1.54) is 11.1 Å². The molecule has 18 heavy (non-hydrogen) atoms. The number of benzene rings is 1. The van der Waals surface area contributed by atoms with Gasteiger partial charge in [-0.2, -0.15) is 5.10 Å². The quantitative estimate of drug-likeness (QED) is 0.844. The van der Waals surface area contributed by atoms with Crippen LogP contribution in [0.15, 0.2) is 48.8 Å². The van der Waals surface area contributed by atoms with Gasteiger partial charge >= 0.3 is 0 Å². The van der Waals surface area contributed by atoms with Crippen molar-refractivity contribution in [3.63, 3.8) is 0 Å². The first-order chi connectivity index (χ1) is 8.88. The monoisotopic (exact) mass is 241 g/mol. The smallest absolute Gasteiger partial charge is 0.0593 e. The lowest BCUT2D eigenvalue weighted by molar-refractivity contribution is 0.702. The average Bonchev–Trinajstić information content (AvgIpc) is 2.85. The molecule has 0 fully saturated rings. The highest BCUT2D eigenvalue weighted by Crippen LogP contribution is 2.03. The molecule has 0 aliphatic carbocycles. The highest BCUT2D eigenvalue weighted by molar-refractivity contribution is 5.48. The zero-order chi connectivity index (χ0) is 12.6. The van der Waals surface area contributed by atoms with Crippen molar-refractivity contribution >= 4 is 6.08 Å². The third-order valence-corrected chi connectivity index (χ3v) is 2.76. The zero-order valence-electron chi connectivity index (χ0n) is 10.5. The molecule has 0 saturated heterocycles. The third kappa shape index (κ3) is 3.86. The molecular weight excluding hydrogens is 222 g/mol. The third-order valence-electron chi connectivity index (χ3n) is 2.76. The highest BCUT2D eigenvalue weighted by Gasteiger charge is 1.96. The second-order valence-electron chi connectivity index (χ2n) is 4.28. The van der Waals surface area contributed by atoms with Gasteiger partial charge in [-0.3, -0.25) is 4.68 Å². The molecule has 0 amide bonds. The lowest BCUT2D eigenvalue weighted by Gasteiger charge is -1.95. The van der Waals surface area contributed by atoms with Gasteiger partial charge < -0.3 is 5.73 Å². The largest absolute Gasteiger partial charge is 0.330 e. The minimum Gasteiger partial charge on any atom is -0.330 e. The van der Waals surface area contributed by atoms with Crippen molar-refractivity contribution in [2.24, 2.45) is 5.73 Å². The molecule has 0 aliphatic heterocycles. The number of hydrogen-bond donors (Lipinski definition) is 1. The number of rotatable bonds is 6. The van der Waals surface area contributed by atoms with Crippen LogP contribution in [0, 0.1) is 0 Å². The molecule has 3 nitrogen and oxygen atoms in total. The Morgan fingerprint density at radius 2 is 2.06 bits per heavy atom. The molecule has 1 aromatic heterocycles. The van der Waals surface area contributed by atoms with E-state index in [9.17, 15) is 0 Å². The van der Waals surface area contributed by atoms with Gasteiger partial charge in [-0.15, -0.1) is 0 Å². The van der Waals surface area contributed by atoms with Crippen LogP contribution >= 0.6 is 0 Å². The van der Waals surface area contributed by atoms with Crippen LogP contribution in [0.2, 0.25) is 0 Å². The molecule has 94 valence electrons. The first-order valence-electron chi connectivity index (χ1n) is 6.31. The second-order valence-corrected chi connectivity index (χ2v) is 4.28. The van der Waals surface area contributed by atoms with Crippen LogP contribution in [-0.2, 0) is 13.0 Å². The van der Waals surface area contributed by atoms with Crippen LogP contribution in [0.4, 0.5) is 0 Å². The van der Waals surface area contributed by atoms with Crippen LogP contribution in [0.25, 0.3) is 6.08 Å². The van der Waals surface area contributed by atoms with Gasteiger partial charge in [0.15, 0.2) is 0 Å². The summed E-state index contributed by atoms with van der Waals surface area (Å²) in [6.45, 7) is 1.54. The molecule has 2 N–H and O–H groups in total. The summed E-state index contributed by atoms with van der Waals surface area (Å²) in [7, 11) is 0. The lowest BCUT2D eigenvalue weighted by atomic mass is 10.2. The van der Waals surface area contributed by atoms with E-state index in [1.807, 2.05) is 29.1 Å². The second kappa shape index (κ2) is 6.77. The van der Waals surface area contributed by atoms with E-state index in [0.29, 0.717) is 0 Å².